The van der Waals surface area contributed by atoms with Crippen molar-refractivity contribution in [2.24, 2.45) is 0 Å². The largest absolute Gasteiger partial charge is 0.419 e. The third-order valence-corrected chi connectivity index (χ3v) is 3.32. The van der Waals surface area contributed by atoms with Crippen molar-refractivity contribution in [2.45, 2.75) is 13.5 Å². The first-order valence-corrected chi connectivity index (χ1v) is 6.58. The monoisotopic (exact) mass is 318 g/mol. The summed E-state index contributed by atoms with van der Waals surface area (Å²) in [6, 6.07) is 7.74. The minimum atomic E-state index is 0.477. The van der Waals surface area contributed by atoms with Crippen LogP contribution in [0.3, 0.4) is 0 Å². The molecule has 0 spiro atoms. The number of nitrogens with zero attached hydrogens (tertiary/aromatic N) is 4. The molecule has 2 heterocycles. The van der Waals surface area contributed by atoms with Crippen molar-refractivity contribution >= 4 is 15.9 Å². The van der Waals surface area contributed by atoms with E-state index < -0.39 is 0 Å². The van der Waals surface area contributed by atoms with E-state index in [9.17, 15) is 0 Å². The molecule has 0 amide bonds. The fraction of sp³-hybridized carbons (Fsp3) is 0.154. The SMILES string of the molecule is Cc1cnn(Cc2nnc(-c3ccccc3Br)o2)c1. The molecule has 0 atom stereocenters. The Kier molecular flexibility index (Phi) is 3.16. The van der Waals surface area contributed by atoms with Crippen LogP contribution in [0.2, 0.25) is 0 Å². The predicted molar refractivity (Wildman–Crippen MR) is 73.5 cm³/mol. The van der Waals surface area contributed by atoms with E-state index in [4.69, 9.17) is 4.42 Å². The summed E-state index contributed by atoms with van der Waals surface area (Å²) in [6.07, 6.45) is 3.73. The van der Waals surface area contributed by atoms with Gasteiger partial charge in [-0.25, -0.2) is 0 Å². The molecular formula is C13H11BrN4O. The Morgan fingerprint density at radius 1 is 1.26 bits per heavy atom. The molecule has 0 aliphatic carbocycles. The summed E-state index contributed by atoms with van der Waals surface area (Å²) in [4.78, 5) is 0. The Hall–Kier alpha value is -1.95. The maximum Gasteiger partial charge on any atom is 0.248 e. The standard InChI is InChI=1S/C13H11BrN4O/c1-9-6-15-18(7-9)8-12-16-17-13(19-12)10-4-2-3-5-11(10)14/h2-7H,8H2,1H3. The average Bonchev–Trinajstić information content (AvgIpc) is 3.00. The molecule has 2 aromatic heterocycles. The lowest BCUT2D eigenvalue weighted by molar-refractivity contribution is 0.474. The molecular weight excluding hydrogens is 308 g/mol. The molecule has 0 bridgehead atoms. The van der Waals surface area contributed by atoms with Gasteiger partial charge in [0.2, 0.25) is 11.8 Å². The van der Waals surface area contributed by atoms with Gasteiger partial charge in [0, 0.05) is 10.7 Å². The highest BCUT2D eigenvalue weighted by Gasteiger charge is 2.11. The minimum Gasteiger partial charge on any atom is -0.419 e. The van der Waals surface area contributed by atoms with Crippen LogP contribution < -0.4 is 0 Å². The van der Waals surface area contributed by atoms with Crippen LogP contribution in [-0.4, -0.2) is 20.0 Å². The van der Waals surface area contributed by atoms with Gasteiger partial charge >= 0.3 is 0 Å². The molecule has 0 saturated heterocycles. The highest BCUT2D eigenvalue weighted by atomic mass is 79.9. The van der Waals surface area contributed by atoms with Gasteiger partial charge in [0.15, 0.2) is 0 Å². The molecule has 96 valence electrons. The van der Waals surface area contributed by atoms with Crippen LogP contribution in [0.4, 0.5) is 0 Å². The van der Waals surface area contributed by atoms with Crippen LogP contribution in [0.5, 0.6) is 0 Å². The average molecular weight is 319 g/mol. The number of halogens is 1. The molecule has 0 radical (unpaired) electrons. The van der Waals surface area contributed by atoms with Crippen LogP contribution in [0.15, 0.2) is 45.5 Å². The zero-order valence-corrected chi connectivity index (χ0v) is 11.8. The van der Waals surface area contributed by atoms with Gasteiger partial charge in [-0.15, -0.1) is 10.2 Å². The van der Waals surface area contributed by atoms with Crippen molar-refractivity contribution in [3.63, 3.8) is 0 Å². The van der Waals surface area contributed by atoms with Gasteiger partial charge in [-0.2, -0.15) is 5.10 Å². The van der Waals surface area contributed by atoms with Gasteiger partial charge in [-0.05, 0) is 40.5 Å². The number of aromatic nitrogens is 4. The van der Waals surface area contributed by atoms with Crippen LogP contribution >= 0.6 is 15.9 Å². The molecule has 6 heteroatoms. The van der Waals surface area contributed by atoms with Crippen molar-refractivity contribution in [3.8, 4) is 11.5 Å². The summed E-state index contributed by atoms with van der Waals surface area (Å²) in [6.45, 7) is 2.47. The van der Waals surface area contributed by atoms with Crippen molar-refractivity contribution < 1.29 is 4.42 Å². The predicted octanol–water partition coefficient (Wildman–Crippen LogP) is 3.05. The normalized spacial score (nSPS) is 10.8. The first-order chi connectivity index (χ1) is 9.22. The van der Waals surface area contributed by atoms with E-state index in [0.717, 1.165) is 15.6 Å². The molecule has 19 heavy (non-hydrogen) atoms. The molecule has 0 unspecified atom stereocenters. The van der Waals surface area contributed by atoms with Gasteiger partial charge in [-0.1, -0.05) is 12.1 Å². The molecule has 0 aliphatic heterocycles. The summed E-state index contributed by atoms with van der Waals surface area (Å²) in [5.41, 5.74) is 1.99. The van der Waals surface area contributed by atoms with Gasteiger partial charge in [0.05, 0.1) is 11.8 Å². The molecule has 0 fully saturated rings. The second-order valence-electron chi connectivity index (χ2n) is 4.20. The number of hydrogen-bond donors (Lipinski definition) is 0. The highest BCUT2D eigenvalue weighted by molar-refractivity contribution is 9.10. The number of benzene rings is 1. The first-order valence-electron chi connectivity index (χ1n) is 5.79. The van der Waals surface area contributed by atoms with Crippen LogP contribution in [0, 0.1) is 6.92 Å². The Morgan fingerprint density at radius 3 is 2.84 bits per heavy atom. The Balaban J connectivity index is 1.86. The molecule has 3 rings (SSSR count). The number of rotatable bonds is 3. The summed E-state index contributed by atoms with van der Waals surface area (Å²) < 4.78 is 8.35. The quantitative estimate of drug-likeness (QED) is 0.744. The fourth-order valence-electron chi connectivity index (χ4n) is 1.75. The molecule has 1 aromatic carbocycles. The highest BCUT2D eigenvalue weighted by Crippen LogP contribution is 2.26. The van der Waals surface area contributed by atoms with Crippen molar-refractivity contribution in [1.29, 1.82) is 0 Å². The zero-order chi connectivity index (χ0) is 13.2. The van der Waals surface area contributed by atoms with Crippen LogP contribution in [0.25, 0.3) is 11.5 Å². The number of aryl methyl sites for hydroxylation is 1. The Labute approximate surface area is 118 Å². The lowest BCUT2D eigenvalue weighted by atomic mass is 10.2. The maximum absolute atomic E-state index is 5.65. The second-order valence-corrected chi connectivity index (χ2v) is 5.05. The van der Waals surface area contributed by atoms with Crippen LogP contribution in [0.1, 0.15) is 11.5 Å². The minimum absolute atomic E-state index is 0.477. The van der Waals surface area contributed by atoms with Crippen molar-refractivity contribution in [1.82, 2.24) is 20.0 Å². The van der Waals surface area contributed by atoms with E-state index >= 15 is 0 Å². The third-order valence-electron chi connectivity index (χ3n) is 2.63. The summed E-state index contributed by atoms with van der Waals surface area (Å²) in [5, 5.41) is 12.3. The molecule has 0 aliphatic rings. The van der Waals surface area contributed by atoms with Crippen molar-refractivity contribution in [2.75, 3.05) is 0 Å². The van der Waals surface area contributed by atoms with E-state index in [1.807, 2.05) is 37.4 Å². The third kappa shape index (κ3) is 2.58. The van der Waals surface area contributed by atoms with Crippen LogP contribution in [-0.2, 0) is 6.54 Å². The van der Waals surface area contributed by atoms with Gasteiger partial charge in [0.25, 0.3) is 0 Å². The zero-order valence-electron chi connectivity index (χ0n) is 10.2. The van der Waals surface area contributed by atoms with Gasteiger partial charge in [0.1, 0.15) is 6.54 Å². The maximum atomic E-state index is 5.65. The lowest BCUT2D eigenvalue weighted by Crippen LogP contribution is -1.99. The Bertz CT molecular complexity index is 704. The van der Waals surface area contributed by atoms with Crippen molar-refractivity contribution in [3.05, 3.63) is 52.6 Å². The Morgan fingerprint density at radius 2 is 2.11 bits per heavy atom. The lowest BCUT2D eigenvalue weighted by Gasteiger charge is -1.97. The molecule has 3 aromatic rings. The first kappa shape index (κ1) is 12.1. The van der Waals surface area contributed by atoms with E-state index in [1.54, 1.807) is 10.9 Å². The fourth-order valence-corrected chi connectivity index (χ4v) is 2.21. The molecule has 0 N–H and O–H groups in total. The number of hydrogen-bond acceptors (Lipinski definition) is 4. The molecule has 5 nitrogen and oxygen atoms in total. The smallest absolute Gasteiger partial charge is 0.248 e. The van der Waals surface area contributed by atoms with E-state index in [2.05, 4.69) is 31.2 Å². The second kappa shape index (κ2) is 4.97. The topological polar surface area (TPSA) is 56.7 Å². The molecule has 0 saturated carbocycles. The summed E-state index contributed by atoms with van der Waals surface area (Å²) >= 11 is 3.47. The van der Waals surface area contributed by atoms with E-state index in [-0.39, 0.29) is 0 Å². The van der Waals surface area contributed by atoms with E-state index in [0.29, 0.717) is 18.3 Å². The van der Waals surface area contributed by atoms with E-state index in [1.165, 1.54) is 0 Å². The van der Waals surface area contributed by atoms with Gasteiger partial charge < -0.3 is 4.42 Å². The van der Waals surface area contributed by atoms with Gasteiger partial charge in [-0.3, -0.25) is 4.68 Å². The summed E-state index contributed by atoms with van der Waals surface area (Å²) in [7, 11) is 0. The summed E-state index contributed by atoms with van der Waals surface area (Å²) in [5.74, 6) is 1.04.